The fourth-order valence-corrected chi connectivity index (χ4v) is 5.57. The molecule has 4 amide bonds. The molecule has 3 aliphatic heterocycles. The maximum Gasteiger partial charge on any atom is 0.333 e. The molecule has 3 fully saturated rings. The number of carbonyl (C=O) groups is 6. The van der Waals surface area contributed by atoms with Crippen molar-refractivity contribution in [3.05, 3.63) is 0 Å². The van der Waals surface area contributed by atoms with Gasteiger partial charge in [-0.1, -0.05) is 0 Å². The van der Waals surface area contributed by atoms with Crippen molar-refractivity contribution in [2.45, 2.75) is 74.1 Å². The Labute approximate surface area is 226 Å². The summed E-state index contributed by atoms with van der Waals surface area (Å²) in [7, 11) is -9.91. The molecule has 19 nitrogen and oxygen atoms in total. The van der Waals surface area contributed by atoms with Gasteiger partial charge in [0.2, 0.25) is 0 Å². The first kappa shape index (κ1) is 31.4. The second kappa shape index (κ2) is 10.7. The molecule has 0 spiro atoms. The second-order valence-corrected chi connectivity index (χ2v) is 12.9. The van der Waals surface area contributed by atoms with Crippen LogP contribution in [0.1, 0.15) is 52.4 Å². The van der Waals surface area contributed by atoms with E-state index in [0.29, 0.717) is 5.06 Å². The van der Waals surface area contributed by atoms with Gasteiger partial charge in [-0.05, 0) is 13.8 Å². The Bertz CT molecular complexity index is 1270. The summed E-state index contributed by atoms with van der Waals surface area (Å²) in [5.74, 6) is -7.97. The molecule has 0 bridgehead atoms. The summed E-state index contributed by atoms with van der Waals surface area (Å²) in [6, 6.07) is 0. The van der Waals surface area contributed by atoms with E-state index < -0.39 is 116 Å². The van der Waals surface area contributed by atoms with Crippen LogP contribution in [0.4, 0.5) is 0 Å². The minimum atomic E-state index is -4.95. The number of nitrogens with zero attached hydrogens (tertiary/aromatic N) is 3. The van der Waals surface area contributed by atoms with E-state index in [0.717, 1.165) is 0 Å². The Morgan fingerprint density at radius 3 is 1.50 bits per heavy atom. The average molecular weight is 615 g/mol. The topological polar surface area (TPSA) is 268 Å². The number of amides is 4. The van der Waals surface area contributed by atoms with Crippen molar-refractivity contribution in [3.63, 3.8) is 0 Å². The SMILES string of the molecule is CC1(C)COC(CCC(=O)ON2C(=O)CC(S(=O)(=O)O)C2=O)(CCC(=O)ON2C(=O)CC(S(=O)(=O)O)C2=O)N1[O]. The molecule has 3 aliphatic rings. The smallest absolute Gasteiger partial charge is 0.333 e. The highest BCUT2D eigenvalue weighted by Crippen LogP contribution is 2.40. The highest BCUT2D eigenvalue weighted by Gasteiger charge is 2.54. The van der Waals surface area contributed by atoms with Gasteiger partial charge < -0.3 is 14.4 Å². The minimum absolute atomic E-state index is 0.122. The van der Waals surface area contributed by atoms with E-state index in [1.807, 2.05) is 0 Å². The maximum atomic E-state index is 13.0. The quantitative estimate of drug-likeness (QED) is 0.192. The first-order valence-corrected chi connectivity index (χ1v) is 14.4. The van der Waals surface area contributed by atoms with Crippen molar-refractivity contribution < 1.29 is 74.3 Å². The summed E-state index contributed by atoms with van der Waals surface area (Å²) in [6.45, 7) is 2.78. The first-order valence-electron chi connectivity index (χ1n) is 11.4. The summed E-state index contributed by atoms with van der Waals surface area (Å²) in [6.07, 6.45) is -4.30. The van der Waals surface area contributed by atoms with E-state index in [2.05, 4.69) is 9.68 Å². The van der Waals surface area contributed by atoms with Crippen LogP contribution in [0.5, 0.6) is 0 Å². The third kappa shape index (κ3) is 6.29. The van der Waals surface area contributed by atoms with Gasteiger partial charge in [-0.2, -0.15) is 16.8 Å². The molecule has 3 heterocycles. The Kier molecular flexibility index (Phi) is 8.43. The summed E-state index contributed by atoms with van der Waals surface area (Å²) < 4.78 is 68.6. The van der Waals surface area contributed by atoms with Crippen molar-refractivity contribution in [2.75, 3.05) is 6.61 Å². The Morgan fingerprint density at radius 1 is 0.850 bits per heavy atom. The number of hydroxylamine groups is 6. The molecule has 2 atom stereocenters. The van der Waals surface area contributed by atoms with Crippen LogP contribution in [-0.2, 0) is 68.6 Å². The third-order valence-electron chi connectivity index (χ3n) is 6.28. The van der Waals surface area contributed by atoms with Gasteiger partial charge in [0.1, 0.15) is 5.72 Å². The summed E-state index contributed by atoms with van der Waals surface area (Å²) >= 11 is 0. The van der Waals surface area contributed by atoms with Gasteiger partial charge in [0.25, 0.3) is 43.9 Å². The molecule has 2 N–H and O–H groups in total. The minimum Gasteiger partial charge on any atom is -0.356 e. The van der Waals surface area contributed by atoms with Crippen molar-refractivity contribution in [3.8, 4) is 0 Å². The highest BCUT2D eigenvalue weighted by molar-refractivity contribution is 7.87. The molecule has 0 aromatic rings. The van der Waals surface area contributed by atoms with E-state index in [1.54, 1.807) is 0 Å². The monoisotopic (exact) mass is 614 g/mol. The van der Waals surface area contributed by atoms with Gasteiger partial charge in [0.15, 0.2) is 10.5 Å². The largest absolute Gasteiger partial charge is 0.356 e. The zero-order valence-corrected chi connectivity index (χ0v) is 22.5. The van der Waals surface area contributed by atoms with Crippen LogP contribution in [0.2, 0.25) is 0 Å². The normalized spacial score (nSPS) is 27.5. The van der Waals surface area contributed by atoms with Crippen molar-refractivity contribution in [1.82, 2.24) is 15.2 Å². The van der Waals surface area contributed by atoms with Crippen LogP contribution >= 0.6 is 0 Å². The second-order valence-electron chi connectivity index (χ2n) is 9.74. The predicted octanol–water partition coefficient (Wildman–Crippen LogP) is -2.35. The molecular formula is C19H24N3O16S2. The molecule has 0 aromatic carbocycles. The Balaban J connectivity index is 1.65. The van der Waals surface area contributed by atoms with Crippen molar-refractivity contribution in [1.29, 1.82) is 0 Å². The van der Waals surface area contributed by atoms with E-state index in [9.17, 15) is 50.8 Å². The molecule has 21 heteroatoms. The lowest BCUT2D eigenvalue weighted by Gasteiger charge is -2.35. The number of ether oxygens (including phenoxy) is 1. The van der Waals surface area contributed by atoms with Gasteiger partial charge in [0.05, 0.1) is 37.8 Å². The van der Waals surface area contributed by atoms with Crippen molar-refractivity contribution >= 4 is 55.8 Å². The standard InChI is InChI=1S/C19H24N3O16S2/c1-18(2)9-36-19(22(18)29,5-3-14(25)37-20-12(23)7-10(16(20)27)39(30,31)32)6-4-15(26)38-21-13(24)8-11(17(21)28)40(33,34)35/h10-11H,3-9H2,1-2H3,(H,30,31,32)(H,33,34,35). The number of imide groups is 2. The van der Waals surface area contributed by atoms with Gasteiger partial charge in [-0.3, -0.25) is 28.3 Å². The molecule has 40 heavy (non-hydrogen) atoms. The third-order valence-corrected chi connectivity index (χ3v) is 8.46. The Morgan fingerprint density at radius 2 is 1.23 bits per heavy atom. The molecule has 223 valence electrons. The number of hydrogen-bond donors (Lipinski definition) is 2. The number of carbonyl (C=O) groups excluding carboxylic acids is 6. The Hall–Kier alpha value is -3.08. The fourth-order valence-electron chi connectivity index (χ4n) is 4.16. The molecule has 0 aliphatic carbocycles. The fraction of sp³-hybridized carbons (Fsp3) is 0.684. The predicted molar refractivity (Wildman–Crippen MR) is 120 cm³/mol. The molecule has 1 radical (unpaired) electrons. The van der Waals surface area contributed by atoms with E-state index in [4.69, 9.17) is 13.8 Å². The van der Waals surface area contributed by atoms with Crippen LogP contribution in [0.15, 0.2) is 0 Å². The molecule has 0 aromatic heterocycles. The summed E-state index contributed by atoms with van der Waals surface area (Å²) in [4.78, 5) is 81.9. The lowest BCUT2D eigenvalue weighted by molar-refractivity contribution is -0.296. The van der Waals surface area contributed by atoms with Crippen LogP contribution in [0, 0.1) is 0 Å². The lowest BCUT2D eigenvalue weighted by atomic mass is 9.98. The van der Waals surface area contributed by atoms with E-state index >= 15 is 0 Å². The molecule has 2 unspecified atom stereocenters. The van der Waals surface area contributed by atoms with Crippen LogP contribution in [0.25, 0.3) is 0 Å². The highest BCUT2D eigenvalue weighted by atomic mass is 32.2. The van der Waals surface area contributed by atoms with Gasteiger partial charge in [-0.15, -0.1) is 20.4 Å². The maximum absolute atomic E-state index is 13.0. The molecular weight excluding hydrogens is 590 g/mol. The zero-order chi connectivity index (χ0) is 30.4. The lowest BCUT2D eigenvalue weighted by Crippen LogP contribution is -2.50. The van der Waals surface area contributed by atoms with Crippen LogP contribution in [0.3, 0.4) is 0 Å². The molecule has 3 rings (SSSR count). The molecule has 0 saturated carbocycles. The molecule has 3 saturated heterocycles. The van der Waals surface area contributed by atoms with Gasteiger partial charge in [0, 0.05) is 12.8 Å². The number of hydrogen-bond acceptors (Lipinski definition) is 14. The van der Waals surface area contributed by atoms with Crippen LogP contribution < -0.4 is 0 Å². The van der Waals surface area contributed by atoms with Gasteiger partial charge in [-0.25, -0.2) is 9.59 Å². The van der Waals surface area contributed by atoms with Gasteiger partial charge >= 0.3 is 11.9 Å². The van der Waals surface area contributed by atoms with E-state index in [1.165, 1.54) is 13.8 Å². The van der Waals surface area contributed by atoms with Crippen LogP contribution in [-0.4, -0.2) is 105 Å². The first-order chi connectivity index (χ1) is 18.2. The van der Waals surface area contributed by atoms with Crippen molar-refractivity contribution in [2.24, 2.45) is 0 Å². The number of rotatable bonds is 10. The average Bonchev–Trinajstić information content (AvgIpc) is 3.36. The zero-order valence-electron chi connectivity index (χ0n) is 20.9. The summed E-state index contributed by atoms with van der Waals surface area (Å²) in [5, 5.41) is 8.94. The summed E-state index contributed by atoms with van der Waals surface area (Å²) in [5.41, 5.74) is -3.06. The van der Waals surface area contributed by atoms with E-state index in [-0.39, 0.29) is 16.7 Å².